The fourth-order valence-corrected chi connectivity index (χ4v) is 2.37. The molecule has 7 heteroatoms. The minimum atomic E-state index is -0.924. The number of hydrogen-bond acceptors (Lipinski definition) is 2. The second kappa shape index (κ2) is 8.10. The Morgan fingerprint density at radius 3 is 2.52 bits per heavy atom. The van der Waals surface area contributed by atoms with Gasteiger partial charge < -0.3 is 15.7 Å². The van der Waals surface area contributed by atoms with Gasteiger partial charge in [-0.2, -0.15) is 0 Å². The number of halogens is 2. The topological polar surface area (TPSA) is 78.4 Å². The van der Waals surface area contributed by atoms with E-state index < -0.39 is 17.9 Å². The molecule has 0 aliphatic carbocycles. The average molecular weight is 333 g/mol. The lowest BCUT2D eigenvalue weighted by molar-refractivity contribution is -0.141. The van der Waals surface area contributed by atoms with Crippen molar-refractivity contribution in [3.8, 4) is 0 Å². The molecule has 0 bridgehead atoms. The second-order valence-corrected chi connectivity index (χ2v) is 5.53. The third kappa shape index (κ3) is 5.44. The first kappa shape index (κ1) is 17.6. The van der Waals surface area contributed by atoms with Gasteiger partial charge in [0.1, 0.15) is 0 Å². The Kier molecular flexibility index (Phi) is 6.78. The van der Waals surface area contributed by atoms with Crippen molar-refractivity contribution in [2.45, 2.75) is 26.3 Å². The summed E-state index contributed by atoms with van der Waals surface area (Å²) < 4.78 is 0. The van der Waals surface area contributed by atoms with E-state index in [1.54, 1.807) is 32.0 Å². The summed E-state index contributed by atoms with van der Waals surface area (Å²) in [7, 11) is 0. The van der Waals surface area contributed by atoms with Crippen LogP contribution >= 0.6 is 23.2 Å². The molecule has 1 aromatic carbocycles. The zero-order chi connectivity index (χ0) is 16.0. The van der Waals surface area contributed by atoms with Crippen LogP contribution in [0.5, 0.6) is 0 Å². The van der Waals surface area contributed by atoms with Crippen molar-refractivity contribution in [3.05, 3.63) is 33.8 Å². The Labute approximate surface area is 133 Å². The van der Waals surface area contributed by atoms with Gasteiger partial charge in [0.25, 0.3) is 0 Å². The molecule has 3 N–H and O–H groups in total. The van der Waals surface area contributed by atoms with Gasteiger partial charge >= 0.3 is 12.0 Å². The lowest BCUT2D eigenvalue weighted by atomic mass is 10.1. The molecule has 0 saturated carbocycles. The molecule has 5 nitrogen and oxygen atoms in total. The standard InChI is InChI=1S/C14H18Cl2N2O3/c1-3-9(13(19)20)7-17-14(21)18-8(2)11-5-4-10(15)6-12(11)16/h4-6,8-9H,3,7H2,1-2H3,(H,19,20)(H2,17,18,21). The number of carbonyl (C=O) groups excluding carboxylic acids is 1. The molecule has 0 aliphatic heterocycles. The monoisotopic (exact) mass is 332 g/mol. The van der Waals surface area contributed by atoms with Crippen LogP contribution < -0.4 is 10.6 Å². The summed E-state index contributed by atoms with van der Waals surface area (Å²) in [6.07, 6.45) is 0.453. The van der Waals surface area contributed by atoms with Crippen LogP contribution in [-0.2, 0) is 4.79 Å². The van der Waals surface area contributed by atoms with Gasteiger partial charge in [0.2, 0.25) is 0 Å². The van der Waals surface area contributed by atoms with E-state index in [1.165, 1.54) is 0 Å². The normalized spacial score (nSPS) is 13.3. The number of nitrogens with one attached hydrogen (secondary N) is 2. The zero-order valence-electron chi connectivity index (χ0n) is 11.8. The highest BCUT2D eigenvalue weighted by atomic mass is 35.5. The molecule has 116 valence electrons. The zero-order valence-corrected chi connectivity index (χ0v) is 13.3. The summed E-state index contributed by atoms with van der Waals surface area (Å²) in [4.78, 5) is 22.6. The lowest BCUT2D eigenvalue weighted by Gasteiger charge is -2.17. The molecule has 2 unspecified atom stereocenters. The number of aliphatic carboxylic acids is 1. The Hall–Kier alpha value is -1.46. The maximum atomic E-state index is 11.8. The Bertz CT molecular complexity index is 523. The van der Waals surface area contributed by atoms with Gasteiger partial charge in [-0.15, -0.1) is 0 Å². The third-order valence-electron chi connectivity index (χ3n) is 3.13. The van der Waals surface area contributed by atoms with E-state index >= 15 is 0 Å². The summed E-state index contributed by atoms with van der Waals surface area (Å²) in [5, 5.41) is 15.1. The highest BCUT2D eigenvalue weighted by Crippen LogP contribution is 2.25. The maximum absolute atomic E-state index is 11.8. The first-order chi connectivity index (χ1) is 9.85. The SMILES string of the molecule is CCC(CNC(=O)NC(C)c1ccc(Cl)cc1Cl)C(=O)O. The van der Waals surface area contributed by atoms with Crippen LogP contribution in [0.25, 0.3) is 0 Å². The molecule has 21 heavy (non-hydrogen) atoms. The fourth-order valence-electron chi connectivity index (χ4n) is 1.80. The van der Waals surface area contributed by atoms with Gasteiger partial charge in [-0.3, -0.25) is 4.79 Å². The number of carbonyl (C=O) groups is 2. The van der Waals surface area contributed by atoms with Gasteiger partial charge in [-0.25, -0.2) is 4.79 Å². The molecule has 0 aliphatic rings. The summed E-state index contributed by atoms with van der Waals surface area (Å²) in [5.74, 6) is -1.52. The third-order valence-corrected chi connectivity index (χ3v) is 3.69. The van der Waals surface area contributed by atoms with Crippen LogP contribution in [0.4, 0.5) is 4.79 Å². The number of amides is 2. The molecular formula is C14H18Cl2N2O3. The maximum Gasteiger partial charge on any atom is 0.315 e. The molecule has 0 fully saturated rings. The highest BCUT2D eigenvalue weighted by Gasteiger charge is 2.17. The van der Waals surface area contributed by atoms with Crippen molar-refractivity contribution in [2.24, 2.45) is 5.92 Å². The summed E-state index contributed by atoms with van der Waals surface area (Å²) in [5.41, 5.74) is 0.737. The van der Waals surface area contributed by atoms with Crippen molar-refractivity contribution < 1.29 is 14.7 Å². The smallest absolute Gasteiger partial charge is 0.315 e. The molecule has 0 spiro atoms. The van der Waals surface area contributed by atoms with Crippen LogP contribution in [0.2, 0.25) is 10.0 Å². The van der Waals surface area contributed by atoms with Gasteiger partial charge in [-0.05, 0) is 31.0 Å². The van der Waals surface area contributed by atoms with E-state index in [4.69, 9.17) is 28.3 Å². The average Bonchev–Trinajstić information content (AvgIpc) is 2.38. The molecule has 0 aromatic heterocycles. The molecular weight excluding hydrogens is 315 g/mol. The van der Waals surface area contributed by atoms with Gasteiger partial charge in [0.05, 0.1) is 12.0 Å². The lowest BCUT2D eigenvalue weighted by Crippen LogP contribution is -2.40. The number of hydrogen-bond donors (Lipinski definition) is 3. The fraction of sp³-hybridized carbons (Fsp3) is 0.429. The van der Waals surface area contributed by atoms with Gasteiger partial charge in [0.15, 0.2) is 0 Å². The minimum absolute atomic E-state index is 0.0821. The molecule has 2 amide bonds. The van der Waals surface area contributed by atoms with Crippen molar-refractivity contribution >= 4 is 35.2 Å². The number of rotatable bonds is 6. The highest BCUT2D eigenvalue weighted by molar-refractivity contribution is 6.35. The van der Waals surface area contributed by atoms with Gasteiger partial charge in [-0.1, -0.05) is 36.2 Å². The van der Waals surface area contributed by atoms with Crippen molar-refractivity contribution in [3.63, 3.8) is 0 Å². The van der Waals surface area contributed by atoms with Crippen molar-refractivity contribution in [1.29, 1.82) is 0 Å². The van der Waals surface area contributed by atoms with E-state index in [9.17, 15) is 9.59 Å². The van der Waals surface area contributed by atoms with Crippen LogP contribution in [0.3, 0.4) is 0 Å². The Balaban J connectivity index is 2.56. The predicted octanol–water partition coefficient (Wildman–Crippen LogP) is 3.46. The minimum Gasteiger partial charge on any atom is -0.481 e. The number of benzene rings is 1. The molecule has 0 saturated heterocycles. The quantitative estimate of drug-likeness (QED) is 0.746. The van der Waals surface area contributed by atoms with Gasteiger partial charge in [0, 0.05) is 16.6 Å². The Morgan fingerprint density at radius 1 is 1.33 bits per heavy atom. The largest absolute Gasteiger partial charge is 0.481 e. The van der Waals surface area contributed by atoms with Crippen molar-refractivity contribution in [1.82, 2.24) is 10.6 Å². The van der Waals surface area contributed by atoms with Crippen LogP contribution in [-0.4, -0.2) is 23.7 Å². The van der Waals surface area contributed by atoms with Crippen LogP contribution in [0.15, 0.2) is 18.2 Å². The summed E-state index contributed by atoms with van der Waals surface area (Å²) in [6, 6.07) is 4.28. The number of urea groups is 1. The second-order valence-electron chi connectivity index (χ2n) is 4.69. The predicted molar refractivity (Wildman–Crippen MR) is 82.8 cm³/mol. The summed E-state index contributed by atoms with van der Waals surface area (Å²) >= 11 is 11.9. The van der Waals surface area contributed by atoms with E-state index in [2.05, 4.69) is 10.6 Å². The number of carboxylic acid groups (broad SMARTS) is 1. The first-order valence-corrected chi connectivity index (χ1v) is 7.32. The molecule has 2 atom stereocenters. The van der Waals surface area contributed by atoms with Crippen LogP contribution in [0, 0.1) is 5.92 Å². The van der Waals surface area contributed by atoms with E-state index in [1.807, 2.05) is 0 Å². The Morgan fingerprint density at radius 2 is 2.00 bits per heavy atom. The first-order valence-electron chi connectivity index (χ1n) is 6.57. The van der Waals surface area contributed by atoms with Crippen LogP contribution in [0.1, 0.15) is 31.9 Å². The molecule has 0 radical (unpaired) electrons. The van der Waals surface area contributed by atoms with Crippen molar-refractivity contribution in [2.75, 3.05) is 6.54 Å². The van der Waals surface area contributed by atoms with E-state index in [0.29, 0.717) is 16.5 Å². The molecule has 1 aromatic rings. The summed E-state index contributed by atoms with van der Waals surface area (Å²) in [6.45, 7) is 3.62. The number of carboxylic acids is 1. The molecule has 0 heterocycles. The molecule has 1 rings (SSSR count). The van der Waals surface area contributed by atoms with E-state index in [0.717, 1.165) is 5.56 Å². The van der Waals surface area contributed by atoms with E-state index in [-0.39, 0.29) is 12.6 Å².